The largest absolute Gasteiger partial charge is 0.465 e. The van der Waals surface area contributed by atoms with Crippen LogP contribution in [0.15, 0.2) is 30.3 Å². The van der Waals surface area contributed by atoms with Gasteiger partial charge in [0.1, 0.15) is 21.3 Å². The molecular formula is C20H23N3O3S. The number of aliphatic hydroxyl groups excluding tert-OH is 1. The molecule has 2 atom stereocenters. The van der Waals surface area contributed by atoms with Crippen LogP contribution in [0.5, 0.6) is 0 Å². The van der Waals surface area contributed by atoms with Crippen molar-refractivity contribution in [2.45, 2.75) is 39.3 Å². The molecule has 1 aromatic carbocycles. The maximum Gasteiger partial charge on any atom is 0.348 e. The fraction of sp³-hybridized carbons (Fsp3) is 0.350. The van der Waals surface area contributed by atoms with E-state index in [2.05, 4.69) is 15.3 Å². The molecule has 0 spiro atoms. The number of aromatic nitrogens is 2. The highest BCUT2D eigenvalue weighted by Gasteiger charge is 2.22. The van der Waals surface area contributed by atoms with Crippen molar-refractivity contribution in [2.75, 3.05) is 12.4 Å². The van der Waals surface area contributed by atoms with Crippen molar-refractivity contribution in [3.8, 4) is 0 Å². The molecule has 2 aromatic heterocycles. The molecule has 6 nitrogen and oxygen atoms in total. The topological polar surface area (TPSA) is 84.3 Å². The van der Waals surface area contributed by atoms with Crippen LogP contribution in [0.3, 0.4) is 0 Å². The number of carbonyl (C=O) groups excluding carboxylic acids is 1. The van der Waals surface area contributed by atoms with Crippen LogP contribution in [0.25, 0.3) is 10.2 Å². The summed E-state index contributed by atoms with van der Waals surface area (Å²) in [4.78, 5) is 22.2. The Bertz CT molecular complexity index is 956. The minimum atomic E-state index is -0.586. The van der Waals surface area contributed by atoms with Gasteiger partial charge in [0.2, 0.25) is 0 Å². The lowest BCUT2D eigenvalue weighted by atomic mass is 10.0. The fourth-order valence-electron chi connectivity index (χ4n) is 2.98. The zero-order chi connectivity index (χ0) is 19.6. The molecule has 2 heterocycles. The summed E-state index contributed by atoms with van der Waals surface area (Å²) in [6, 6.07) is 9.63. The summed E-state index contributed by atoms with van der Waals surface area (Å²) in [6.45, 7) is 5.59. The maximum absolute atomic E-state index is 12.0. The van der Waals surface area contributed by atoms with Crippen LogP contribution in [0.1, 0.15) is 33.5 Å². The van der Waals surface area contributed by atoms with E-state index in [4.69, 9.17) is 4.74 Å². The van der Waals surface area contributed by atoms with Gasteiger partial charge in [-0.1, -0.05) is 30.3 Å². The lowest BCUT2D eigenvalue weighted by Gasteiger charge is -2.21. The Hall–Kier alpha value is -2.51. The molecule has 0 bridgehead atoms. The van der Waals surface area contributed by atoms with E-state index in [1.165, 1.54) is 18.4 Å². The van der Waals surface area contributed by atoms with Crippen LogP contribution >= 0.6 is 11.3 Å². The number of nitrogens with one attached hydrogen (secondary N) is 1. The third kappa shape index (κ3) is 4.09. The van der Waals surface area contributed by atoms with Crippen molar-refractivity contribution < 1.29 is 14.6 Å². The summed E-state index contributed by atoms with van der Waals surface area (Å²) < 4.78 is 4.87. The van der Waals surface area contributed by atoms with Gasteiger partial charge < -0.3 is 15.2 Å². The van der Waals surface area contributed by atoms with E-state index in [0.29, 0.717) is 22.9 Å². The van der Waals surface area contributed by atoms with E-state index in [0.717, 1.165) is 21.3 Å². The molecule has 0 fully saturated rings. The van der Waals surface area contributed by atoms with Gasteiger partial charge >= 0.3 is 5.97 Å². The van der Waals surface area contributed by atoms with E-state index in [-0.39, 0.29) is 12.0 Å². The van der Waals surface area contributed by atoms with Gasteiger partial charge in [0, 0.05) is 6.42 Å². The highest BCUT2D eigenvalue weighted by atomic mass is 32.1. The first-order chi connectivity index (χ1) is 12.9. The van der Waals surface area contributed by atoms with Crippen molar-refractivity contribution in [2.24, 2.45) is 0 Å². The van der Waals surface area contributed by atoms with E-state index < -0.39 is 6.10 Å². The number of rotatable bonds is 6. The van der Waals surface area contributed by atoms with Gasteiger partial charge in [-0.25, -0.2) is 14.8 Å². The number of thiophene rings is 1. The first-order valence-electron chi connectivity index (χ1n) is 8.75. The minimum Gasteiger partial charge on any atom is -0.465 e. The number of benzene rings is 1. The lowest BCUT2D eigenvalue weighted by molar-refractivity contribution is 0.0605. The second-order valence-electron chi connectivity index (χ2n) is 6.54. The molecule has 0 amide bonds. The highest BCUT2D eigenvalue weighted by Crippen LogP contribution is 2.34. The van der Waals surface area contributed by atoms with Gasteiger partial charge in [-0.15, -0.1) is 11.3 Å². The zero-order valence-electron chi connectivity index (χ0n) is 15.8. The van der Waals surface area contributed by atoms with E-state index in [1.54, 1.807) is 0 Å². The van der Waals surface area contributed by atoms with Crippen LogP contribution in [0.4, 0.5) is 5.82 Å². The number of anilines is 1. The predicted octanol–water partition coefficient (Wildman–Crippen LogP) is 3.50. The number of hydrogen-bond donors (Lipinski definition) is 2. The number of ether oxygens (including phenoxy) is 1. The molecule has 27 heavy (non-hydrogen) atoms. The Morgan fingerprint density at radius 2 is 1.96 bits per heavy atom. The summed E-state index contributed by atoms with van der Waals surface area (Å²) in [5.41, 5.74) is 1.86. The average Bonchev–Trinajstić information content (AvgIpc) is 2.98. The maximum atomic E-state index is 12.0. The molecule has 3 rings (SSSR count). The summed E-state index contributed by atoms with van der Waals surface area (Å²) >= 11 is 1.29. The molecule has 0 saturated heterocycles. The van der Waals surface area contributed by atoms with Gasteiger partial charge in [0.05, 0.1) is 24.6 Å². The number of fused-ring (bicyclic) bond motifs is 1. The van der Waals surface area contributed by atoms with Crippen LogP contribution in [-0.2, 0) is 11.2 Å². The highest BCUT2D eigenvalue weighted by molar-refractivity contribution is 7.20. The molecule has 0 aliphatic carbocycles. The summed E-state index contributed by atoms with van der Waals surface area (Å²) in [7, 11) is 1.37. The fourth-order valence-corrected chi connectivity index (χ4v) is 4.13. The Kier molecular flexibility index (Phi) is 5.72. The van der Waals surface area contributed by atoms with Crippen molar-refractivity contribution in [3.05, 3.63) is 52.2 Å². The molecule has 0 saturated carbocycles. The number of methoxy groups -OCH3 is 1. The quantitative estimate of drug-likeness (QED) is 0.632. The average molecular weight is 385 g/mol. The Balaban J connectivity index is 1.89. The SMILES string of the molecule is COC(=O)c1sc2nc(C)nc(NC(C)C(O)Cc3ccccc3)c2c1C. The number of carbonyl (C=O) groups is 1. The molecule has 2 N–H and O–H groups in total. The van der Waals surface area contributed by atoms with Crippen molar-refractivity contribution in [1.29, 1.82) is 0 Å². The lowest BCUT2D eigenvalue weighted by Crippen LogP contribution is -2.32. The van der Waals surface area contributed by atoms with E-state index in [1.807, 2.05) is 51.1 Å². The monoisotopic (exact) mass is 385 g/mol. The number of esters is 1. The molecular weight excluding hydrogens is 362 g/mol. The van der Waals surface area contributed by atoms with Crippen LogP contribution in [0.2, 0.25) is 0 Å². The normalized spacial score (nSPS) is 13.4. The molecule has 3 aromatic rings. The van der Waals surface area contributed by atoms with Gasteiger partial charge in [0.25, 0.3) is 0 Å². The molecule has 7 heteroatoms. The van der Waals surface area contributed by atoms with Crippen LogP contribution in [-0.4, -0.2) is 40.3 Å². The number of aliphatic hydroxyl groups is 1. The zero-order valence-corrected chi connectivity index (χ0v) is 16.6. The number of hydrogen-bond acceptors (Lipinski definition) is 7. The second kappa shape index (κ2) is 8.02. The van der Waals surface area contributed by atoms with E-state index in [9.17, 15) is 9.90 Å². The molecule has 2 unspecified atom stereocenters. The summed E-state index contributed by atoms with van der Waals surface area (Å²) in [6.07, 6.45) is -0.0464. The Morgan fingerprint density at radius 3 is 2.63 bits per heavy atom. The molecule has 142 valence electrons. The molecule has 0 aliphatic heterocycles. The van der Waals surface area contributed by atoms with Gasteiger partial charge in [-0.2, -0.15) is 0 Å². The second-order valence-corrected chi connectivity index (χ2v) is 7.54. The number of aryl methyl sites for hydroxylation is 2. The third-order valence-electron chi connectivity index (χ3n) is 4.50. The van der Waals surface area contributed by atoms with Crippen molar-refractivity contribution >= 4 is 33.3 Å². The first-order valence-corrected chi connectivity index (χ1v) is 9.57. The summed E-state index contributed by atoms with van der Waals surface area (Å²) in [5, 5.41) is 14.7. The van der Waals surface area contributed by atoms with E-state index >= 15 is 0 Å². The first kappa shape index (κ1) is 19.3. The van der Waals surface area contributed by atoms with Gasteiger partial charge in [-0.05, 0) is 31.9 Å². The van der Waals surface area contributed by atoms with Crippen molar-refractivity contribution in [1.82, 2.24) is 9.97 Å². The minimum absolute atomic E-state index is 0.233. The third-order valence-corrected chi connectivity index (χ3v) is 5.67. The molecule has 0 radical (unpaired) electrons. The van der Waals surface area contributed by atoms with Crippen LogP contribution in [0, 0.1) is 13.8 Å². The predicted molar refractivity (Wildman–Crippen MR) is 107 cm³/mol. The standard InChI is InChI=1S/C20H23N3O3S/c1-11-16-18(21-12(2)15(24)10-14-8-6-5-7-9-14)22-13(3)23-19(16)27-17(11)20(25)26-4/h5-9,12,15,24H,10H2,1-4H3,(H,21,22,23). The number of nitrogens with zero attached hydrogens (tertiary/aromatic N) is 2. The Morgan fingerprint density at radius 1 is 1.26 bits per heavy atom. The van der Waals surface area contributed by atoms with Crippen LogP contribution < -0.4 is 5.32 Å². The van der Waals surface area contributed by atoms with Gasteiger partial charge in [0.15, 0.2) is 0 Å². The Labute approximate surface area is 162 Å². The molecule has 0 aliphatic rings. The summed E-state index contributed by atoms with van der Waals surface area (Å²) in [5.74, 6) is 0.852. The van der Waals surface area contributed by atoms with Gasteiger partial charge in [-0.3, -0.25) is 0 Å². The van der Waals surface area contributed by atoms with Crippen molar-refractivity contribution in [3.63, 3.8) is 0 Å². The smallest absolute Gasteiger partial charge is 0.348 e.